The smallest absolute Gasteiger partial charge is 0.320 e. The predicted molar refractivity (Wildman–Crippen MR) is 67.3 cm³/mol. The maximum absolute atomic E-state index is 11.6. The zero-order valence-electron chi connectivity index (χ0n) is 10.3. The second-order valence-electron chi connectivity index (χ2n) is 4.17. The van der Waals surface area contributed by atoms with Crippen molar-refractivity contribution in [2.75, 3.05) is 11.9 Å². The van der Waals surface area contributed by atoms with Crippen LogP contribution in [0.3, 0.4) is 0 Å². The van der Waals surface area contributed by atoms with Crippen LogP contribution in [0, 0.1) is 0 Å². The van der Waals surface area contributed by atoms with Crippen molar-refractivity contribution in [2.24, 2.45) is 0 Å². The molecule has 0 fully saturated rings. The van der Waals surface area contributed by atoms with Crippen molar-refractivity contribution < 1.29 is 14.3 Å². The number of aliphatic hydroxyl groups is 1. The fourth-order valence-electron chi connectivity index (χ4n) is 1.45. The number of aromatic nitrogens is 2. The van der Waals surface area contributed by atoms with E-state index in [4.69, 9.17) is 4.42 Å². The number of anilines is 1. The molecule has 3 N–H and O–H groups in total. The van der Waals surface area contributed by atoms with Gasteiger partial charge in [-0.05, 0) is 31.2 Å². The van der Waals surface area contributed by atoms with Gasteiger partial charge in [0.15, 0.2) is 5.82 Å². The molecule has 0 aliphatic heterocycles. The molecule has 2 amide bonds. The number of amides is 2. The lowest BCUT2D eigenvalue weighted by atomic mass is 10.0. The second-order valence-corrected chi connectivity index (χ2v) is 4.17. The fraction of sp³-hybridized carbons (Fsp3) is 0.250. The lowest BCUT2D eigenvalue weighted by molar-refractivity contribution is 0.0372. The first-order valence-corrected chi connectivity index (χ1v) is 5.67. The minimum absolute atomic E-state index is 0.00656. The fourth-order valence-corrected chi connectivity index (χ4v) is 1.45. The van der Waals surface area contributed by atoms with E-state index in [0.29, 0.717) is 11.6 Å². The molecule has 0 saturated heterocycles. The van der Waals surface area contributed by atoms with Gasteiger partial charge in [-0.25, -0.2) is 4.79 Å². The van der Waals surface area contributed by atoms with Crippen molar-refractivity contribution in [2.45, 2.75) is 12.5 Å². The van der Waals surface area contributed by atoms with Gasteiger partial charge in [0.05, 0.1) is 12.8 Å². The number of rotatable bonds is 4. The van der Waals surface area contributed by atoms with Crippen LogP contribution in [0.2, 0.25) is 0 Å². The van der Waals surface area contributed by atoms with Crippen LogP contribution in [0.25, 0.3) is 0 Å². The molecule has 19 heavy (non-hydrogen) atoms. The summed E-state index contributed by atoms with van der Waals surface area (Å²) in [6.07, 6.45) is 2.97. The standard InChI is InChI=1S/C12H14N4O3/c1-12(18,9-4-3-7-19-9)8-13-11(17)15-10-5-2-6-14-16-10/h2-7,18H,8H2,1H3,(H2,13,15,16,17). The molecule has 2 aromatic heterocycles. The first-order chi connectivity index (χ1) is 9.08. The molecule has 2 aromatic rings. The normalized spacial score (nSPS) is 13.6. The number of hydrogen-bond donors (Lipinski definition) is 3. The number of carbonyl (C=O) groups is 1. The van der Waals surface area contributed by atoms with Crippen molar-refractivity contribution in [3.63, 3.8) is 0 Å². The summed E-state index contributed by atoms with van der Waals surface area (Å²) in [5.41, 5.74) is -1.27. The summed E-state index contributed by atoms with van der Waals surface area (Å²) in [4.78, 5) is 11.6. The van der Waals surface area contributed by atoms with E-state index >= 15 is 0 Å². The third-order valence-electron chi connectivity index (χ3n) is 2.46. The summed E-state index contributed by atoms with van der Waals surface area (Å²) in [5, 5.41) is 22.5. The summed E-state index contributed by atoms with van der Waals surface area (Å²) in [5.74, 6) is 0.713. The summed E-state index contributed by atoms with van der Waals surface area (Å²) in [6.45, 7) is 1.56. The zero-order chi connectivity index (χ0) is 13.7. The Bertz CT molecular complexity index is 525. The van der Waals surface area contributed by atoms with Crippen molar-refractivity contribution in [1.82, 2.24) is 15.5 Å². The van der Waals surface area contributed by atoms with Crippen molar-refractivity contribution in [3.05, 3.63) is 42.5 Å². The van der Waals surface area contributed by atoms with Crippen LogP contribution >= 0.6 is 0 Å². The molecule has 0 bridgehead atoms. The molecule has 0 saturated carbocycles. The maximum atomic E-state index is 11.6. The van der Waals surface area contributed by atoms with E-state index in [2.05, 4.69) is 20.8 Å². The van der Waals surface area contributed by atoms with Gasteiger partial charge < -0.3 is 14.8 Å². The number of urea groups is 1. The van der Waals surface area contributed by atoms with E-state index in [1.807, 2.05) is 0 Å². The summed E-state index contributed by atoms with van der Waals surface area (Å²) < 4.78 is 5.10. The zero-order valence-corrected chi connectivity index (χ0v) is 10.3. The van der Waals surface area contributed by atoms with E-state index in [1.54, 1.807) is 31.2 Å². The third kappa shape index (κ3) is 3.52. The SMILES string of the molecule is CC(O)(CNC(=O)Nc1cccnn1)c1ccco1. The molecule has 2 rings (SSSR count). The molecule has 0 aromatic carbocycles. The molecule has 0 aliphatic carbocycles. The Morgan fingerprint density at radius 2 is 2.32 bits per heavy atom. The van der Waals surface area contributed by atoms with Crippen molar-refractivity contribution in [1.29, 1.82) is 0 Å². The molecule has 7 nitrogen and oxygen atoms in total. The molecule has 1 atom stereocenters. The molecule has 1 unspecified atom stereocenters. The topological polar surface area (TPSA) is 100 Å². The average Bonchev–Trinajstić information content (AvgIpc) is 2.92. The highest BCUT2D eigenvalue weighted by Gasteiger charge is 2.26. The highest BCUT2D eigenvalue weighted by Crippen LogP contribution is 2.19. The highest BCUT2D eigenvalue weighted by atomic mass is 16.4. The number of furan rings is 1. The molecular weight excluding hydrogens is 248 g/mol. The minimum Gasteiger partial charge on any atom is -0.466 e. The number of carbonyl (C=O) groups excluding carboxylic acids is 1. The van der Waals surface area contributed by atoms with Gasteiger partial charge in [-0.1, -0.05) is 0 Å². The van der Waals surface area contributed by atoms with Crippen LogP contribution in [0.15, 0.2) is 41.1 Å². The number of hydrogen-bond acceptors (Lipinski definition) is 5. The van der Waals surface area contributed by atoms with Crippen molar-refractivity contribution >= 4 is 11.8 Å². The Kier molecular flexibility index (Phi) is 3.76. The van der Waals surface area contributed by atoms with Crippen LogP contribution in [-0.2, 0) is 5.60 Å². The molecular formula is C12H14N4O3. The van der Waals surface area contributed by atoms with E-state index < -0.39 is 11.6 Å². The third-order valence-corrected chi connectivity index (χ3v) is 2.46. The van der Waals surface area contributed by atoms with Crippen LogP contribution in [0.1, 0.15) is 12.7 Å². The van der Waals surface area contributed by atoms with E-state index in [-0.39, 0.29) is 6.54 Å². The Labute approximate surface area is 109 Å². The maximum Gasteiger partial charge on any atom is 0.320 e. The Morgan fingerprint density at radius 3 is 2.95 bits per heavy atom. The van der Waals surface area contributed by atoms with E-state index in [0.717, 1.165) is 0 Å². The van der Waals surface area contributed by atoms with Gasteiger partial charge in [-0.3, -0.25) is 5.32 Å². The first-order valence-electron chi connectivity index (χ1n) is 5.67. The molecule has 7 heteroatoms. The highest BCUT2D eigenvalue weighted by molar-refractivity contribution is 5.88. The summed E-state index contributed by atoms with van der Waals surface area (Å²) in [6, 6.07) is 6.09. The molecule has 0 spiro atoms. The lowest BCUT2D eigenvalue weighted by Crippen LogP contribution is -2.40. The van der Waals surface area contributed by atoms with Gasteiger partial charge in [0, 0.05) is 6.20 Å². The summed E-state index contributed by atoms with van der Waals surface area (Å²) >= 11 is 0. The second kappa shape index (κ2) is 5.49. The van der Waals surface area contributed by atoms with Crippen LogP contribution in [-0.4, -0.2) is 27.9 Å². The first kappa shape index (κ1) is 13.0. The Morgan fingerprint density at radius 1 is 1.47 bits per heavy atom. The molecule has 0 radical (unpaired) electrons. The Hall–Kier alpha value is -2.41. The lowest BCUT2D eigenvalue weighted by Gasteiger charge is -2.21. The van der Waals surface area contributed by atoms with E-state index in [1.165, 1.54) is 12.5 Å². The van der Waals surface area contributed by atoms with Gasteiger partial charge in [0.25, 0.3) is 0 Å². The molecule has 100 valence electrons. The monoisotopic (exact) mass is 262 g/mol. The van der Waals surface area contributed by atoms with Crippen LogP contribution in [0.5, 0.6) is 0 Å². The van der Waals surface area contributed by atoms with Crippen LogP contribution in [0.4, 0.5) is 10.6 Å². The quantitative estimate of drug-likeness (QED) is 0.766. The van der Waals surface area contributed by atoms with Gasteiger partial charge in [-0.2, -0.15) is 5.10 Å². The number of nitrogens with zero attached hydrogens (tertiary/aromatic N) is 2. The van der Waals surface area contributed by atoms with Gasteiger partial charge in [0.2, 0.25) is 0 Å². The summed E-state index contributed by atoms with van der Waals surface area (Å²) in [7, 11) is 0. The minimum atomic E-state index is -1.27. The predicted octanol–water partition coefficient (Wildman–Crippen LogP) is 1.10. The molecule has 2 heterocycles. The Balaban J connectivity index is 1.87. The largest absolute Gasteiger partial charge is 0.466 e. The van der Waals surface area contributed by atoms with Crippen molar-refractivity contribution in [3.8, 4) is 0 Å². The molecule has 0 aliphatic rings. The van der Waals surface area contributed by atoms with Crippen LogP contribution < -0.4 is 10.6 Å². The van der Waals surface area contributed by atoms with Gasteiger partial charge in [-0.15, -0.1) is 5.10 Å². The number of nitrogens with one attached hydrogen (secondary N) is 2. The average molecular weight is 262 g/mol. The van der Waals surface area contributed by atoms with E-state index in [9.17, 15) is 9.90 Å². The van der Waals surface area contributed by atoms with Gasteiger partial charge in [0.1, 0.15) is 11.4 Å². The van der Waals surface area contributed by atoms with Gasteiger partial charge >= 0.3 is 6.03 Å².